The number of allylic oxidation sites excluding steroid dienone is 2. The smallest absolute Gasteiger partial charge is 0.344 e. The van der Waals surface area contributed by atoms with E-state index in [1.807, 2.05) is 18.8 Å². The predicted molar refractivity (Wildman–Crippen MR) is 60.7 cm³/mol. The summed E-state index contributed by atoms with van der Waals surface area (Å²) in [5.74, 6) is -0.284. The van der Waals surface area contributed by atoms with Crippen molar-refractivity contribution in [3.05, 3.63) is 20.9 Å². The number of halogens is 1. The molecule has 0 amide bonds. The molecule has 0 atom stereocenters. The van der Waals surface area contributed by atoms with Crippen LogP contribution in [0.15, 0.2) is 20.9 Å². The van der Waals surface area contributed by atoms with E-state index in [-0.39, 0.29) is 5.97 Å². The fourth-order valence-corrected chi connectivity index (χ4v) is 1.99. The first kappa shape index (κ1) is 12.8. The first-order valence-electron chi connectivity index (χ1n) is 3.91. The highest BCUT2D eigenvalue weighted by Crippen LogP contribution is 2.29. The fourth-order valence-electron chi connectivity index (χ4n) is 0.632. The number of esters is 1. The van der Waals surface area contributed by atoms with Crippen LogP contribution in [0.3, 0.4) is 0 Å². The summed E-state index contributed by atoms with van der Waals surface area (Å²) in [5, 5.41) is 0. The Kier molecular flexibility index (Phi) is 7.09. The molecule has 4 heteroatoms. The third kappa shape index (κ3) is 4.52. The van der Waals surface area contributed by atoms with Crippen LogP contribution in [0.4, 0.5) is 0 Å². The summed E-state index contributed by atoms with van der Waals surface area (Å²) < 4.78 is 4.62. The number of hydrogen-bond acceptors (Lipinski definition) is 3. The average molecular weight is 265 g/mol. The summed E-state index contributed by atoms with van der Waals surface area (Å²) in [6.45, 7) is 3.85. The molecular formula is C9H13BrO2S. The number of ether oxygens (including phenoxy) is 1. The van der Waals surface area contributed by atoms with Gasteiger partial charge in [0, 0.05) is 0 Å². The van der Waals surface area contributed by atoms with Gasteiger partial charge in [0.1, 0.15) is 0 Å². The van der Waals surface area contributed by atoms with Gasteiger partial charge in [-0.05, 0) is 23.2 Å². The first-order chi connectivity index (χ1) is 6.19. The molecule has 0 unspecified atom stereocenters. The average Bonchev–Trinajstić information content (AvgIpc) is 2.19. The Balaban J connectivity index is 4.39. The highest BCUT2D eigenvalue weighted by Gasteiger charge is 2.10. The summed E-state index contributed by atoms with van der Waals surface area (Å²) in [6, 6.07) is 0. The molecule has 0 saturated carbocycles. The summed E-state index contributed by atoms with van der Waals surface area (Å²) in [7, 11) is 1.38. The molecule has 0 N–H and O–H groups in total. The molecule has 0 heterocycles. The largest absolute Gasteiger partial charge is 0.465 e. The summed E-state index contributed by atoms with van der Waals surface area (Å²) >= 11 is 4.67. The van der Waals surface area contributed by atoms with Gasteiger partial charge < -0.3 is 4.74 Å². The zero-order valence-corrected chi connectivity index (χ0v) is 10.4. The Morgan fingerprint density at radius 2 is 2.23 bits per heavy atom. The van der Waals surface area contributed by atoms with Gasteiger partial charge in [0.2, 0.25) is 0 Å². The number of carbonyl (C=O) groups is 1. The molecule has 0 saturated heterocycles. The van der Waals surface area contributed by atoms with E-state index in [9.17, 15) is 4.79 Å². The lowest BCUT2D eigenvalue weighted by Gasteiger charge is -2.05. The number of rotatable bonds is 4. The van der Waals surface area contributed by atoms with Crippen LogP contribution in [0.1, 0.15) is 20.3 Å². The van der Waals surface area contributed by atoms with Gasteiger partial charge in [-0.3, -0.25) is 0 Å². The highest BCUT2D eigenvalue weighted by molar-refractivity contribution is 9.11. The zero-order valence-electron chi connectivity index (χ0n) is 7.96. The molecule has 0 aliphatic carbocycles. The van der Waals surface area contributed by atoms with Crippen LogP contribution < -0.4 is 0 Å². The Hall–Kier alpha value is -0.220. The van der Waals surface area contributed by atoms with Crippen molar-refractivity contribution in [3.8, 4) is 0 Å². The second kappa shape index (κ2) is 7.21. The second-order valence-corrected chi connectivity index (χ2v) is 3.80. The van der Waals surface area contributed by atoms with Gasteiger partial charge in [-0.15, -0.1) is 0 Å². The van der Waals surface area contributed by atoms with Gasteiger partial charge >= 0.3 is 5.97 Å². The van der Waals surface area contributed by atoms with Crippen molar-refractivity contribution in [2.24, 2.45) is 0 Å². The van der Waals surface area contributed by atoms with Crippen molar-refractivity contribution in [1.82, 2.24) is 0 Å². The van der Waals surface area contributed by atoms with Crippen molar-refractivity contribution in [3.63, 3.8) is 0 Å². The molecule has 0 aromatic rings. The quantitative estimate of drug-likeness (QED) is 0.575. The predicted octanol–water partition coefficient (Wildman–Crippen LogP) is 3.44. The third-order valence-corrected chi connectivity index (χ3v) is 3.51. The molecule has 74 valence electrons. The second-order valence-electron chi connectivity index (χ2n) is 2.18. The van der Waals surface area contributed by atoms with Gasteiger partial charge in [-0.1, -0.05) is 40.7 Å². The van der Waals surface area contributed by atoms with Crippen molar-refractivity contribution in [2.45, 2.75) is 20.3 Å². The van der Waals surface area contributed by atoms with Gasteiger partial charge in [0.25, 0.3) is 0 Å². The minimum Gasteiger partial charge on any atom is -0.465 e. The van der Waals surface area contributed by atoms with E-state index in [0.717, 1.165) is 11.3 Å². The maximum absolute atomic E-state index is 11.2. The molecular weight excluding hydrogens is 252 g/mol. The van der Waals surface area contributed by atoms with Gasteiger partial charge in [0.15, 0.2) is 0 Å². The lowest BCUT2D eigenvalue weighted by Crippen LogP contribution is -2.01. The molecule has 0 spiro atoms. The number of hydrogen-bond donors (Lipinski definition) is 0. The standard InChI is InChI=1S/C9H13BrO2S/c1-4-7(6-10)13-8(5-2)9(11)12-3/h5-6H,4H2,1-3H3/b7-6+,8-5-. The van der Waals surface area contributed by atoms with Crippen LogP contribution in [-0.4, -0.2) is 13.1 Å². The van der Waals surface area contributed by atoms with E-state index in [4.69, 9.17) is 0 Å². The van der Waals surface area contributed by atoms with E-state index in [1.165, 1.54) is 18.9 Å². The molecule has 0 rings (SSSR count). The van der Waals surface area contributed by atoms with Crippen LogP contribution in [0.2, 0.25) is 0 Å². The summed E-state index contributed by atoms with van der Waals surface area (Å²) in [5.41, 5.74) is 0. The van der Waals surface area contributed by atoms with Gasteiger partial charge in [-0.25, -0.2) is 4.79 Å². The lowest BCUT2D eigenvalue weighted by atomic mass is 10.5. The fraction of sp³-hybridized carbons (Fsp3) is 0.444. The molecule has 0 aliphatic rings. The topological polar surface area (TPSA) is 26.3 Å². The molecule has 13 heavy (non-hydrogen) atoms. The number of thioether (sulfide) groups is 1. The normalized spacial score (nSPS) is 12.9. The Morgan fingerprint density at radius 1 is 1.62 bits per heavy atom. The van der Waals surface area contributed by atoms with Crippen LogP contribution in [0, 0.1) is 0 Å². The van der Waals surface area contributed by atoms with E-state index in [2.05, 4.69) is 20.7 Å². The van der Waals surface area contributed by atoms with Crippen molar-refractivity contribution >= 4 is 33.7 Å². The zero-order chi connectivity index (χ0) is 10.3. The van der Waals surface area contributed by atoms with Gasteiger partial charge in [0.05, 0.1) is 12.0 Å². The first-order valence-corrected chi connectivity index (χ1v) is 5.64. The minimum absolute atomic E-state index is 0.284. The Morgan fingerprint density at radius 3 is 2.54 bits per heavy atom. The highest BCUT2D eigenvalue weighted by atomic mass is 79.9. The van der Waals surface area contributed by atoms with Crippen LogP contribution in [0.25, 0.3) is 0 Å². The van der Waals surface area contributed by atoms with Gasteiger partial charge in [-0.2, -0.15) is 0 Å². The lowest BCUT2D eigenvalue weighted by molar-refractivity contribution is -0.135. The van der Waals surface area contributed by atoms with E-state index < -0.39 is 0 Å². The van der Waals surface area contributed by atoms with Crippen molar-refractivity contribution in [1.29, 1.82) is 0 Å². The van der Waals surface area contributed by atoms with Crippen LogP contribution in [-0.2, 0) is 9.53 Å². The molecule has 0 aromatic heterocycles. The van der Waals surface area contributed by atoms with E-state index >= 15 is 0 Å². The van der Waals surface area contributed by atoms with Crippen LogP contribution in [0.5, 0.6) is 0 Å². The summed E-state index contributed by atoms with van der Waals surface area (Å²) in [6.07, 6.45) is 2.65. The van der Waals surface area contributed by atoms with E-state index in [1.54, 1.807) is 6.08 Å². The minimum atomic E-state index is -0.284. The van der Waals surface area contributed by atoms with Crippen molar-refractivity contribution in [2.75, 3.05) is 7.11 Å². The molecule has 0 radical (unpaired) electrons. The molecule has 0 aliphatic heterocycles. The summed E-state index contributed by atoms with van der Waals surface area (Å²) in [4.78, 5) is 14.7. The van der Waals surface area contributed by atoms with Crippen LogP contribution >= 0.6 is 27.7 Å². The number of carbonyl (C=O) groups excluding carboxylic acids is 1. The number of methoxy groups -OCH3 is 1. The third-order valence-electron chi connectivity index (χ3n) is 1.36. The Labute approximate surface area is 91.5 Å². The maximum Gasteiger partial charge on any atom is 0.344 e. The molecule has 0 fully saturated rings. The Bertz CT molecular complexity index is 234. The van der Waals surface area contributed by atoms with Crippen molar-refractivity contribution < 1.29 is 9.53 Å². The molecule has 0 bridgehead atoms. The molecule has 2 nitrogen and oxygen atoms in total. The van der Waals surface area contributed by atoms with E-state index in [0.29, 0.717) is 4.91 Å². The molecule has 0 aromatic carbocycles. The maximum atomic E-state index is 11.2. The monoisotopic (exact) mass is 264 g/mol. The SMILES string of the molecule is C/C=C(\S/C(=C/Br)CC)C(=O)OC.